The van der Waals surface area contributed by atoms with E-state index >= 15 is 0 Å². The number of nitrogens with zero attached hydrogens (tertiary/aromatic N) is 1. The Morgan fingerprint density at radius 2 is 1.69 bits per heavy atom. The molecule has 1 heterocycles. The van der Waals surface area contributed by atoms with E-state index in [9.17, 15) is 4.79 Å². The molecule has 0 atom stereocenters. The lowest BCUT2D eigenvalue weighted by molar-refractivity contribution is -0.121. The number of aryl methyl sites for hydroxylation is 1. The summed E-state index contributed by atoms with van der Waals surface area (Å²) in [6.45, 7) is 1.23. The Bertz CT molecular complexity index is 1200. The van der Waals surface area contributed by atoms with E-state index in [-0.39, 0.29) is 5.91 Å². The van der Waals surface area contributed by atoms with Gasteiger partial charge in [-0.15, -0.1) is 0 Å². The molecule has 0 saturated carbocycles. The summed E-state index contributed by atoms with van der Waals surface area (Å²) in [4.78, 5) is 12.6. The van der Waals surface area contributed by atoms with Gasteiger partial charge in [-0.05, 0) is 35.7 Å². The van der Waals surface area contributed by atoms with Crippen LogP contribution in [0.3, 0.4) is 0 Å². The molecule has 0 fully saturated rings. The van der Waals surface area contributed by atoms with Crippen molar-refractivity contribution in [2.45, 2.75) is 25.9 Å². The van der Waals surface area contributed by atoms with Crippen molar-refractivity contribution in [1.82, 2.24) is 9.88 Å². The summed E-state index contributed by atoms with van der Waals surface area (Å²) in [5.41, 5.74) is 4.55. The fourth-order valence-corrected chi connectivity index (χ4v) is 3.96. The van der Waals surface area contributed by atoms with E-state index in [4.69, 9.17) is 9.47 Å². The van der Waals surface area contributed by atoms with Gasteiger partial charge in [-0.25, -0.2) is 0 Å². The predicted octanol–water partition coefficient (Wildman–Crippen LogP) is 4.96. The van der Waals surface area contributed by atoms with Crippen LogP contribution < -0.4 is 14.8 Å². The first-order valence-corrected chi connectivity index (χ1v) is 10.8. The van der Waals surface area contributed by atoms with Crippen LogP contribution in [0.25, 0.3) is 10.9 Å². The quantitative estimate of drug-likeness (QED) is 0.410. The highest BCUT2D eigenvalue weighted by Gasteiger charge is 2.12. The molecule has 32 heavy (non-hydrogen) atoms. The molecular weight excluding hydrogens is 400 g/mol. The molecule has 0 spiro atoms. The van der Waals surface area contributed by atoms with Crippen LogP contribution in [0.15, 0.2) is 79.0 Å². The normalized spacial score (nSPS) is 10.8. The Morgan fingerprint density at radius 3 is 2.47 bits per heavy atom. The second kappa shape index (κ2) is 10.1. The first-order chi connectivity index (χ1) is 15.7. The summed E-state index contributed by atoms with van der Waals surface area (Å²) in [6, 6.07) is 24.4. The van der Waals surface area contributed by atoms with Gasteiger partial charge in [0, 0.05) is 48.2 Å². The maximum Gasteiger partial charge on any atom is 0.220 e. The first kappa shape index (κ1) is 21.5. The van der Waals surface area contributed by atoms with Crippen LogP contribution in [-0.2, 0) is 24.3 Å². The number of para-hydroxylation sites is 1. The van der Waals surface area contributed by atoms with Gasteiger partial charge in [-0.1, -0.05) is 48.5 Å². The van der Waals surface area contributed by atoms with Crippen LogP contribution in [0, 0.1) is 0 Å². The highest BCUT2D eigenvalue weighted by molar-refractivity contribution is 5.85. The number of rotatable bonds is 9. The van der Waals surface area contributed by atoms with E-state index < -0.39 is 0 Å². The van der Waals surface area contributed by atoms with Gasteiger partial charge in [0.1, 0.15) is 11.5 Å². The lowest BCUT2D eigenvalue weighted by Gasteiger charge is -2.11. The molecule has 0 bridgehead atoms. The zero-order chi connectivity index (χ0) is 22.3. The van der Waals surface area contributed by atoms with Gasteiger partial charge in [-0.2, -0.15) is 0 Å². The number of ether oxygens (including phenoxy) is 2. The lowest BCUT2D eigenvalue weighted by Crippen LogP contribution is -2.23. The van der Waals surface area contributed by atoms with Gasteiger partial charge in [0.05, 0.1) is 14.2 Å². The van der Waals surface area contributed by atoms with Crippen molar-refractivity contribution < 1.29 is 14.3 Å². The second-order valence-electron chi connectivity index (χ2n) is 7.74. The van der Waals surface area contributed by atoms with Crippen LogP contribution in [0.4, 0.5) is 0 Å². The number of aromatic nitrogens is 1. The van der Waals surface area contributed by atoms with Gasteiger partial charge in [-0.3, -0.25) is 4.79 Å². The number of fused-ring (bicyclic) bond motifs is 1. The molecule has 1 N–H and O–H groups in total. The number of amides is 1. The SMILES string of the molecule is COc1ccc(CNC(=O)CCc2cn(Cc3ccccc3)c3ccccc23)c(OC)c1. The van der Waals surface area contributed by atoms with Crippen molar-refractivity contribution in [3.05, 3.63) is 95.7 Å². The molecular formula is C27H28N2O3. The minimum absolute atomic E-state index is 0.0164. The molecule has 3 aromatic carbocycles. The number of hydrogen-bond donors (Lipinski definition) is 1. The third kappa shape index (κ3) is 4.94. The third-order valence-electron chi connectivity index (χ3n) is 5.66. The van der Waals surface area contributed by atoms with E-state index in [1.54, 1.807) is 14.2 Å². The molecule has 4 rings (SSSR count). The molecule has 5 heteroatoms. The maximum absolute atomic E-state index is 12.6. The summed E-state index contributed by atoms with van der Waals surface area (Å²) in [5.74, 6) is 1.44. The summed E-state index contributed by atoms with van der Waals surface area (Å²) >= 11 is 0. The molecule has 1 aromatic heterocycles. The number of methoxy groups -OCH3 is 2. The molecule has 1 amide bonds. The van der Waals surface area contributed by atoms with E-state index in [1.165, 1.54) is 22.0 Å². The van der Waals surface area contributed by atoms with Crippen LogP contribution in [-0.4, -0.2) is 24.7 Å². The van der Waals surface area contributed by atoms with Crippen LogP contribution in [0.1, 0.15) is 23.1 Å². The van der Waals surface area contributed by atoms with Crippen molar-refractivity contribution in [3.63, 3.8) is 0 Å². The van der Waals surface area contributed by atoms with Crippen LogP contribution in [0.5, 0.6) is 11.5 Å². The minimum Gasteiger partial charge on any atom is -0.497 e. The maximum atomic E-state index is 12.6. The summed E-state index contributed by atoms with van der Waals surface area (Å²) in [7, 11) is 3.23. The topological polar surface area (TPSA) is 52.5 Å². The van der Waals surface area contributed by atoms with E-state index in [1.807, 2.05) is 24.3 Å². The van der Waals surface area contributed by atoms with Crippen molar-refractivity contribution in [3.8, 4) is 11.5 Å². The highest BCUT2D eigenvalue weighted by Crippen LogP contribution is 2.25. The van der Waals surface area contributed by atoms with Gasteiger partial charge >= 0.3 is 0 Å². The van der Waals surface area contributed by atoms with Crippen LogP contribution >= 0.6 is 0 Å². The smallest absolute Gasteiger partial charge is 0.220 e. The monoisotopic (exact) mass is 428 g/mol. The molecule has 5 nitrogen and oxygen atoms in total. The number of hydrogen-bond acceptors (Lipinski definition) is 3. The number of carbonyl (C=O) groups is 1. The molecule has 0 aliphatic heterocycles. The average Bonchev–Trinajstić information content (AvgIpc) is 3.19. The lowest BCUT2D eigenvalue weighted by atomic mass is 10.1. The Kier molecular flexibility index (Phi) is 6.75. The van der Waals surface area contributed by atoms with Gasteiger partial charge in [0.25, 0.3) is 0 Å². The molecule has 0 saturated heterocycles. The van der Waals surface area contributed by atoms with Crippen molar-refractivity contribution in [2.24, 2.45) is 0 Å². The van der Waals surface area contributed by atoms with Crippen LogP contribution in [0.2, 0.25) is 0 Å². The predicted molar refractivity (Wildman–Crippen MR) is 127 cm³/mol. The van der Waals surface area contributed by atoms with Gasteiger partial charge in [0.15, 0.2) is 0 Å². The average molecular weight is 429 g/mol. The Balaban J connectivity index is 1.41. The zero-order valence-corrected chi connectivity index (χ0v) is 18.5. The zero-order valence-electron chi connectivity index (χ0n) is 18.5. The fourth-order valence-electron chi connectivity index (χ4n) is 3.96. The van der Waals surface area contributed by atoms with E-state index in [0.29, 0.717) is 25.1 Å². The molecule has 0 aliphatic carbocycles. The second-order valence-corrected chi connectivity index (χ2v) is 7.74. The summed E-state index contributed by atoms with van der Waals surface area (Å²) in [6.07, 6.45) is 3.29. The molecule has 0 aliphatic rings. The van der Waals surface area contributed by atoms with E-state index in [0.717, 1.165) is 17.9 Å². The Hall–Kier alpha value is -3.73. The Morgan fingerprint density at radius 1 is 0.906 bits per heavy atom. The highest BCUT2D eigenvalue weighted by atomic mass is 16.5. The number of carbonyl (C=O) groups excluding carboxylic acids is 1. The summed E-state index contributed by atoms with van der Waals surface area (Å²) in [5, 5.41) is 4.21. The first-order valence-electron chi connectivity index (χ1n) is 10.8. The molecule has 4 aromatic rings. The molecule has 0 radical (unpaired) electrons. The fraction of sp³-hybridized carbons (Fsp3) is 0.222. The van der Waals surface area contributed by atoms with Crippen molar-refractivity contribution in [1.29, 1.82) is 0 Å². The molecule has 0 unspecified atom stereocenters. The number of benzene rings is 3. The minimum atomic E-state index is 0.0164. The third-order valence-corrected chi connectivity index (χ3v) is 5.66. The molecule has 164 valence electrons. The van der Waals surface area contributed by atoms with Crippen molar-refractivity contribution in [2.75, 3.05) is 14.2 Å². The standard InChI is InChI=1S/C27H28N2O3/c1-31-23-14-12-21(26(16-23)32-2)17-28-27(30)15-13-22-19-29(18-20-8-4-3-5-9-20)25-11-7-6-10-24(22)25/h3-12,14,16,19H,13,15,17-18H2,1-2H3,(H,28,30). The summed E-state index contributed by atoms with van der Waals surface area (Å²) < 4.78 is 12.9. The van der Waals surface area contributed by atoms with E-state index in [2.05, 4.69) is 64.6 Å². The number of nitrogens with one attached hydrogen (secondary N) is 1. The van der Waals surface area contributed by atoms with Gasteiger partial charge < -0.3 is 19.4 Å². The largest absolute Gasteiger partial charge is 0.497 e. The van der Waals surface area contributed by atoms with Gasteiger partial charge in [0.2, 0.25) is 5.91 Å². The van der Waals surface area contributed by atoms with Crippen molar-refractivity contribution >= 4 is 16.8 Å². The Labute approximate surface area is 188 Å².